The number of hydrogen-bond donors (Lipinski definition) is 6. The van der Waals surface area contributed by atoms with Crippen molar-refractivity contribution in [1.29, 1.82) is 0 Å². The number of aryl methyl sites for hydroxylation is 6. The Hall–Kier alpha value is -7.86. The first-order valence-corrected chi connectivity index (χ1v) is 31.8. The number of aromatic carboxylic acids is 3. The Bertz CT molecular complexity index is 3050. The molecule has 1 unspecified atom stereocenters. The summed E-state index contributed by atoms with van der Waals surface area (Å²) in [6.45, 7) is 8.15. The first kappa shape index (κ1) is 68.9. The van der Waals surface area contributed by atoms with Crippen LogP contribution in [0.5, 0.6) is 0 Å². The van der Waals surface area contributed by atoms with Crippen molar-refractivity contribution in [2.45, 2.75) is 188 Å². The molecule has 6 N–H and O–H groups in total. The minimum Gasteiger partial charge on any atom is -0.478 e. The van der Waals surface area contributed by atoms with Crippen molar-refractivity contribution in [2.75, 3.05) is 16.0 Å². The smallest absolute Gasteiger partial charge is 0.335 e. The number of unbranched alkanes of at least 4 members (excludes halogenated alkanes) is 6. The molecule has 3 amide bonds. The minimum absolute atomic E-state index is 0.0207. The van der Waals surface area contributed by atoms with E-state index >= 15 is 0 Å². The first-order chi connectivity index (χ1) is 41.7. The molecule has 7 rings (SSSR count). The predicted molar refractivity (Wildman–Crippen MR) is 349 cm³/mol. The highest BCUT2D eigenvalue weighted by Crippen LogP contribution is 2.29. The summed E-state index contributed by atoms with van der Waals surface area (Å²) in [6, 6.07) is 45.7. The maximum atomic E-state index is 12.4. The molecule has 0 aromatic heterocycles. The van der Waals surface area contributed by atoms with Crippen molar-refractivity contribution >= 4 is 52.7 Å². The molecule has 6 aromatic rings. The van der Waals surface area contributed by atoms with Crippen LogP contribution in [0.2, 0.25) is 0 Å². The molecule has 1 fully saturated rings. The van der Waals surface area contributed by atoms with Crippen molar-refractivity contribution in [3.8, 4) is 0 Å². The largest absolute Gasteiger partial charge is 0.478 e. The summed E-state index contributed by atoms with van der Waals surface area (Å²) in [5, 5.41) is 37.1. The summed E-state index contributed by atoms with van der Waals surface area (Å²) in [5.41, 5.74) is 10.2. The van der Waals surface area contributed by atoms with Crippen LogP contribution < -0.4 is 16.0 Å². The number of carbonyl (C=O) groups is 6. The van der Waals surface area contributed by atoms with Crippen LogP contribution in [0.3, 0.4) is 0 Å². The summed E-state index contributed by atoms with van der Waals surface area (Å²) >= 11 is 0. The Labute approximate surface area is 512 Å². The van der Waals surface area contributed by atoms with Gasteiger partial charge in [-0.15, -0.1) is 0 Å². The van der Waals surface area contributed by atoms with Gasteiger partial charge in [0.1, 0.15) is 0 Å². The highest BCUT2D eigenvalue weighted by Gasteiger charge is 2.19. The fourth-order valence-electron chi connectivity index (χ4n) is 11.4. The molecule has 12 nitrogen and oxygen atoms in total. The highest BCUT2D eigenvalue weighted by molar-refractivity contribution is 5.94. The molecule has 0 bridgehead atoms. The number of nitrogens with one attached hydrogen (secondary N) is 3. The average Bonchev–Trinajstić information content (AvgIpc) is 4.17. The molecule has 0 spiro atoms. The lowest BCUT2D eigenvalue weighted by Gasteiger charge is -2.15. The lowest BCUT2D eigenvalue weighted by Crippen LogP contribution is -2.22. The molecule has 1 aliphatic rings. The Morgan fingerprint density at radius 2 is 0.733 bits per heavy atom. The molecule has 0 radical (unpaired) electrons. The third-order valence-corrected chi connectivity index (χ3v) is 16.5. The van der Waals surface area contributed by atoms with Gasteiger partial charge in [-0.25, -0.2) is 14.4 Å². The summed E-state index contributed by atoms with van der Waals surface area (Å²) < 4.78 is 0. The van der Waals surface area contributed by atoms with Crippen LogP contribution in [0.4, 0.5) is 17.1 Å². The first-order valence-electron chi connectivity index (χ1n) is 31.8. The Morgan fingerprint density at radius 3 is 1.08 bits per heavy atom. The standard InChI is InChI=1S/C26H33NO3.2C24H31NO3/c28-25(19-18-20-10-4-5-11-20)27-24-17-9-7-15-22(24)14-3-1-2-12-21-13-6-8-16-23(21)26(29)30;1-3-11-18(2)23(26)25-22-17-10-8-15-20(22)14-6-4-5-12-19-13-7-9-16-21(19)24(27)28;1-3-18(4-2)23(26)25-22-17-11-9-15-20(22)14-7-5-6-12-19-13-8-10-16-21(19)24(27)28/h6-9,13,15-17,20H,1-5,10-12,14,18-19H2,(H,27,28)(H,29,30);7-10,13,15-18H,3-6,11-12,14H2,1-2H3,(H,25,26)(H,27,28);8-11,13,15-18H,3-7,12,14H2,1-2H3,(H,25,26)(H,27,28). The number of amides is 3. The molecular weight excluding hydrogens is 1070 g/mol. The number of benzene rings is 6. The molecule has 1 aliphatic carbocycles. The number of anilines is 3. The van der Waals surface area contributed by atoms with Gasteiger partial charge in [-0.2, -0.15) is 0 Å². The van der Waals surface area contributed by atoms with Gasteiger partial charge in [0.25, 0.3) is 0 Å². The monoisotopic (exact) mass is 1170 g/mol. The molecule has 0 aliphatic heterocycles. The highest BCUT2D eigenvalue weighted by atomic mass is 16.4. The van der Waals surface area contributed by atoms with E-state index in [4.69, 9.17) is 0 Å². The Kier molecular flexibility index (Phi) is 31.2. The van der Waals surface area contributed by atoms with Gasteiger partial charge in [-0.05, 0) is 178 Å². The van der Waals surface area contributed by atoms with Crippen LogP contribution >= 0.6 is 0 Å². The van der Waals surface area contributed by atoms with E-state index in [9.17, 15) is 44.1 Å². The lowest BCUT2D eigenvalue weighted by atomic mass is 9.99. The van der Waals surface area contributed by atoms with Gasteiger partial charge in [0.15, 0.2) is 0 Å². The third-order valence-electron chi connectivity index (χ3n) is 16.5. The summed E-state index contributed by atoms with van der Waals surface area (Å²) in [7, 11) is 0. The Morgan fingerprint density at radius 1 is 0.419 bits per heavy atom. The van der Waals surface area contributed by atoms with Crippen molar-refractivity contribution in [3.05, 3.63) is 196 Å². The van der Waals surface area contributed by atoms with Crippen molar-refractivity contribution in [2.24, 2.45) is 17.8 Å². The van der Waals surface area contributed by atoms with Gasteiger partial charge >= 0.3 is 17.9 Å². The zero-order valence-electron chi connectivity index (χ0n) is 51.6. The summed E-state index contributed by atoms with van der Waals surface area (Å²) in [6.07, 6.45) is 24.4. The van der Waals surface area contributed by atoms with E-state index in [1.54, 1.807) is 36.4 Å². The minimum atomic E-state index is -0.863. The number of para-hydroxylation sites is 3. The second-order valence-corrected chi connectivity index (χ2v) is 23.0. The number of hydrogen-bond acceptors (Lipinski definition) is 6. The zero-order valence-corrected chi connectivity index (χ0v) is 51.6. The van der Waals surface area contributed by atoms with E-state index in [2.05, 4.69) is 41.1 Å². The second kappa shape index (κ2) is 39.0. The SMILES string of the molecule is CCC(CC)C(=O)Nc1ccccc1CCCCCc1ccccc1C(=O)O.CCCC(C)C(=O)Nc1ccccc1CCCCCc1ccccc1C(=O)O.O=C(CCC1CCCC1)Nc1ccccc1CCCCCc1ccccc1C(=O)O. The zero-order chi connectivity index (χ0) is 61.9. The molecule has 1 saturated carbocycles. The number of carbonyl (C=O) groups excluding carboxylic acids is 3. The topological polar surface area (TPSA) is 199 Å². The van der Waals surface area contributed by atoms with Gasteiger partial charge in [-0.3, -0.25) is 14.4 Å². The van der Waals surface area contributed by atoms with Crippen LogP contribution in [-0.4, -0.2) is 50.9 Å². The molecule has 12 heteroatoms. The molecule has 1 atom stereocenters. The normalized spacial score (nSPS) is 12.2. The maximum absolute atomic E-state index is 12.4. The number of carboxylic acids is 3. The van der Waals surface area contributed by atoms with Gasteiger partial charge in [0.05, 0.1) is 16.7 Å². The molecular formula is C74H95N3O9. The van der Waals surface area contributed by atoms with Gasteiger partial charge < -0.3 is 31.3 Å². The van der Waals surface area contributed by atoms with Crippen LogP contribution in [0.25, 0.3) is 0 Å². The quantitative estimate of drug-likeness (QED) is 0.0217. The molecule has 0 saturated heterocycles. The number of carboxylic acid groups (broad SMARTS) is 3. The van der Waals surface area contributed by atoms with Gasteiger partial charge in [-0.1, -0.05) is 188 Å². The van der Waals surface area contributed by atoms with E-state index in [1.807, 2.05) is 112 Å². The summed E-state index contributed by atoms with van der Waals surface area (Å²) in [5.74, 6) is -1.47. The second-order valence-electron chi connectivity index (χ2n) is 23.0. The van der Waals surface area contributed by atoms with E-state index in [0.717, 1.165) is 179 Å². The molecule has 0 heterocycles. The van der Waals surface area contributed by atoms with Crippen LogP contribution in [0, 0.1) is 17.8 Å². The average molecular weight is 1170 g/mol. The van der Waals surface area contributed by atoms with E-state index in [0.29, 0.717) is 23.1 Å². The third kappa shape index (κ3) is 24.3. The van der Waals surface area contributed by atoms with Crippen LogP contribution in [-0.2, 0) is 52.9 Å². The fourth-order valence-corrected chi connectivity index (χ4v) is 11.4. The van der Waals surface area contributed by atoms with Crippen molar-refractivity contribution in [1.82, 2.24) is 0 Å². The Balaban J connectivity index is 0.000000236. The molecule has 6 aromatic carbocycles. The number of rotatable bonds is 33. The predicted octanol–water partition coefficient (Wildman–Crippen LogP) is 17.7. The fraction of sp³-hybridized carbons (Fsp3) is 0.432. The molecule has 86 heavy (non-hydrogen) atoms. The van der Waals surface area contributed by atoms with Gasteiger partial charge in [0.2, 0.25) is 17.7 Å². The van der Waals surface area contributed by atoms with E-state index < -0.39 is 17.9 Å². The van der Waals surface area contributed by atoms with Gasteiger partial charge in [0, 0.05) is 35.3 Å². The lowest BCUT2D eigenvalue weighted by molar-refractivity contribution is -0.120. The van der Waals surface area contributed by atoms with Crippen molar-refractivity contribution < 1.29 is 44.1 Å². The van der Waals surface area contributed by atoms with Crippen LogP contribution in [0.1, 0.15) is 214 Å². The van der Waals surface area contributed by atoms with Crippen molar-refractivity contribution in [3.63, 3.8) is 0 Å². The molecule has 460 valence electrons. The summed E-state index contributed by atoms with van der Waals surface area (Å²) in [4.78, 5) is 70.9. The van der Waals surface area contributed by atoms with E-state index in [-0.39, 0.29) is 29.6 Å². The van der Waals surface area contributed by atoms with Crippen LogP contribution in [0.15, 0.2) is 146 Å². The maximum Gasteiger partial charge on any atom is 0.335 e. The van der Waals surface area contributed by atoms with E-state index in [1.165, 1.54) is 31.2 Å².